The Kier molecular flexibility index (Phi) is 2.86. The number of aliphatic hydroxyl groups excluding tert-OH is 1. The first kappa shape index (κ1) is 9.97. The summed E-state index contributed by atoms with van der Waals surface area (Å²) < 4.78 is 39.5. The summed E-state index contributed by atoms with van der Waals surface area (Å²) in [5.41, 5.74) is 0. The molecule has 0 fully saturated rings. The molecule has 1 aromatic heterocycles. The fourth-order valence-corrected chi connectivity index (χ4v) is 0.705. The zero-order valence-electron chi connectivity index (χ0n) is 6.51. The summed E-state index contributed by atoms with van der Waals surface area (Å²) in [6.45, 7) is -0.435. The van der Waals surface area contributed by atoms with E-state index in [-0.39, 0.29) is 18.1 Å². The molecule has 1 N–H and O–H groups in total. The summed E-state index contributed by atoms with van der Waals surface area (Å²) in [6, 6.07) is 0. The molecule has 0 aliphatic carbocycles. The van der Waals surface area contributed by atoms with Crippen molar-refractivity contribution in [2.24, 2.45) is 0 Å². The molecule has 13 heavy (non-hydrogen) atoms. The van der Waals surface area contributed by atoms with Crippen molar-refractivity contribution in [2.75, 3.05) is 0 Å². The summed E-state index contributed by atoms with van der Waals surface area (Å²) in [4.78, 5) is 3.50. The van der Waals surface area contributed by atoms with Gasteiger partial charge < -0.3 is 9.63 Å². The molecule has 0 aromatic carbocycles. The number of nitrogens with zero attached hydrogens (tertiary/aromatic N) is 2. The maximum Gasteiger partial charge on any atom is 0.389 e. The molecular weight excluding hydrogens is 189 g/mol. The molecule has 1 heterocycles. The van der Waals surface area contributed by atoms with Crippen LogP contribution in [0.25, 0.3) is 0 Å². The van der Waals surface area contributed by atoms with Crippen molar-refractivity contribution >= 4 is 0 Å². The van der Waals surface area contributed by atoms with Gasteiger partial charge in [0.2, 0.25) is 5.89 Å². The molecule has 0 aliphatic heterocycles. The minimum Gasteiger partial charge on any atom is -0.388 e. The first-order chi connectivity index (χ1) is 6.01. The molecule has 0 amide bonds. The van der Waals surface area contributed by atoms with Gasteiger partial charge in [-0.05, 0) is 0 Å². The van der Waals surface area contributed by atoms with Gasteiger partial charge in [-0.3, -0.25) is 0 Å². The first-order valence-electron chi connectivity index (χ1n) is 3.50. The van der Waals surface area contributed by atoms with E-state index in [0.717, 1.165) is 0 Å². The van der Waals surface area contributed by atoms with Crippen LogP contribution in [-0.4, -0.2) is 21.4 Å². The zero-order valence-corrected chi connectivity index (χ0v) is 6.51. The Hall–Kier alpha value is -1.11. The van der Waals surface area contributed by atoms with Crippen molar-refractivity contribution in [1.29, 1.82) is 0 Å². The summed E-state index contributed by atoms with van der Waals surface area (Å²) in [5, 5.41) is 11.7. The van der Waals surface area contributed by atoms with Crippen LogP contribution in [0.4, 0.5) is 13.2 Å². The average molecular weight is 196 g/mol. The Morgan fingerprint density at radius 3 is 2.54 bits per heavy atom. The highest BCUT2D eigenvalue weighted by atomic mass is 19.4. The second-order valence-electron chi connectivity index (χ2n) is 2.38. The van der Waals surface area contributed by atoms with Gasteiger partial charge in [-0.2, -0.15) is 18.2 Å². The Labute approximate surface area is 71.4 Å². The van der Waals surface area contributed by atoms with Gasteiger partial charge in [0.1, 0.15) is 6.61 Å². The fourth-order valence-electron chi connectivity index (χ4n) is 0.705. The van der Waals surface area contributed by atoms with Gasteiger partial charge in [0.25, 0.3) is 0 Å². The molecule has 74 valence electrons. The normalized spacial score (nSPS) is 12.0. The summed E-state index contributed by atoms with van der Waals surface area (Å²) in [7, 11) is 0. The van der Waals surface area contributed by atoms with Crippen molar-refractivity contribution in [3.05, 3.63) is 11.7 Å². The number of aliphatic hydroxyl groups is 1. The van der Waals surface area contributed by atoms with Crippen LogP contribution in [0.2, 0.25) is 0 Å². The second-order valence-corrected chi connectivity index (χ2v) is 2.38. The van der Waals surface area contributed by atoms with Crippen LogP contribution in [0.5, 0.6) is 0 Å². The van der Waals surface area contributed by atoms with E-state index < -0.39 is 19.2 Å². The van der Waals surface area contributed by atoms with E-state index in [9.17, 15) is 13.2 Å². The number of hydrogen-bond donors (Lipinski definition) is 1. The molecule has 0 saturated carbocycles. The van der Waals surface area contributed by atoms with Gasteiger partial charge in [0, 0.05) is 6.42 Å². The lowest BCUT2D eigenvalue weighted by atomic mass is 10.3. The topological polar surface area (TPSA) is 59.2 Å². The third kappa shape index (κ3) is 3.41. The van der Waals surface area contributed by atoms with Crippen LogP contribution in [0.1, 0.15) is 18.1 Å². The van der Waals surface area contributed by atoms with Crippen LogP contribution >= 0.6 is 0 Å². The highest BCUT2D eigenvalue weighted by Crippen LogP contribution is 2.21. The number of aryl methyl sites for hydroxylation is 1. The maximum absolute atomic E-state index is 11.7. The number of hydrogen-bond acceptors (Lipinski definition) is 4. The molecular formula is C6H7F3N2O2. The third-order valence-electron chi connectivity index (χ3n) is 1.27. The van der Waals surface area contributed by atoms with Crippen LogP contribution in [-0.2, 0) is 13.0 Å². The zero-order chi connectivity index (χ0) is 9.90. The monoisotopic (exact) mass is 196 g/mol. The minimum absolute atomic E-state index is 0.00262. The second kappa shape index (κ2) is 3.73. The highest BCUT2D eigenvalue weighted by molar-refractivity contribution is 4.84. The Bertz CT molecular complexity index is 271. The van der Waals surface area contributed by atoms with Crippen LogP contribution in [0, 0.1) is 0 Å². The molecule has 0 spiro atoms. The fraction of sp³-hybridized carbons (Fsp3) is 0.667. The van der Waals surface area contributed by atoms with Gasteiger partial charge in [-0.1, -0.05) is 5.16 Å². The summed E-state index contributed by atoms with van der Waals surface area (Å²) in [5.74, 6) is -0.112. The SMILES string of the molecule is OCc1noc(CCC(F)(F)F)n1. The average Bonchev–Trinajstić information content (AvgIpc) is 2.47. The molecule has 0 atom stereocenters. The molecule has 7 heteroatoms. The van der Waals surface area contributed by atoms with Crippen molar-refractivity contribution in [3.8, 4) is 0 Å². The smallest absolute Gasteiger partial charge is 0.388 e. The van der Waals surface area contributed by atoms with E-state index in [1.54, 1.807) is 0 Å². The van der Waals surface area contributed by atoms with Crippen LogP contribution in [0.3, 0.4) is 0 Å². The maximum atomic E-state index is 11.7. The molecule has 1 aromatic rings. The predicted molar refractivity (Wildman–Crippen MR) is 34.6 cm³/mol. The Morgan fingerprint density at radius 2 is 2.08 bits per heavy atom. The molecule has 4 nitrogen and oxygen atoms in total. The van der Waals surface area contributed by atoms with Crippen LogP contribution < -0.4 is 0 Å². The number of halogens is 3. The molecule has 0 bridgehead atoms. The number of rotatable bonds is 3. The standard InChI is InChI=1S/C6H7F3N2O2/c7-6(8,9)2-1-5-10-4(3-12)11-13-5/h12H,1-3H2. The van der Waals surface area contributed by atoms with Crippen molar-refractivity contribution in [1.82, 2.24) is 10.1 Å². The lowest BCUT2D eigenvalue weighted by molar-refractivity contribution is -0.134. The lowest BCUT2D eigenvalue weighted by Gasteiger charge is -2.01. The third-order valence-corrected chi connectivity index (χ3v) is 1.27. The van der Waals surface area contributed by atoms with E-state index >= 15 is 0 Å². The predicted octanol–water partition coefficient (Wildman–Crippen LogP) is 1.06. The van der Waals surface area contributed by atoms with E-state index in [0.29, 0.717) is 0 Å². The Morgan fingerprint density at radius 1 is 1.38 bits per heavy atom. The minimum atomic E-state index is -4.23. The lowest BCUT2D eigenvalue weighted by Crippen LogP contribution is -2.08. The van der Waals surface area contributed by atoms with E-state index in [1.165, 1.54) is 0 Å². The highest BCUT2D eigenvalue weighted by Gasteiger charge is 2.27. The summed E-state index contributed by atoms with van der Waals surface area (Å²) in [6.07, 6.45) is -5.58. The molecule has 0 aliphatic rings. The van der Waals surface area contributed by atoms with Gasteiger partial charge >= 0.3 is 6.18 Å². The molecule has 0 saturated heterocycles. The largest absolute Gasteiger partial charge is 0.389 e. The summed E-state index contributed by atoms with van der Waals surface area (Å²) >= 11 is 0. The van der Waals surface area contributed by atoms with Crippen LogP contribution in [0.15, 0.2) is 4.52 Å². The first-order valence-corrected chi connectivity index (χ1v) is 3.50. The van der Waals surface area contributed by atoms with Crippen molar-refractivity contribution in [2.45, 2.75) is 25.6 Å². The van der Waals surface area contributed by atoms with Gasteiger partial charge in [-0.25, -0.2) is 0 Å². The van der Waals surface area contributed by atoms with Crippen molar-refractivity contribution in [3.63, 3.8) is 0 Å². The molecule has 1 rings (SSSR count). The number of aromatic nitrogens is 2. The van der Waals surface area contributed by atoms with E-state index in [4.69, 9.17) is 5.11 Å². The van der Waals surface area contributed by atoms with Gasteiger partial charge in [-0.15, -0.1) is 0 Å². The van der Waals surface area contributed by atoms with Crippen molar-refractivity contribution < 1.29 is 22.8 Å². The van der Waals surface area contributed by atoms with E-state index in [2.05, 4.69) is 14.7 Å². The molecule has 0 radical (unpaired) electrons. The quantitative estimate of drug-likeness (QED) is 0.785. The molecule has 0 unspecified atom stereocenters. The Balaban J connectivity index is 2.46. The van der Waals surface area contributed by atoms with E-state index in [1.807, 2.05) is 0 Å². The number of alkyl halides is 3. The van der Waals surface area contributed by atoms with Gasteiger partial charge in [0.05, 0.1) is 6.42 Å². The van der Waals surface area contributed by atoms with Gasteiger partial charge in [0.15, 0.2) is 5.82 Å².